The van der Waals surface area contributed by atoms with Crippen molar-refractivity contribution >= 4 is 0 Å². The number of benzene rings is 2. The van der Waals surface area contributed by atoms with E-state index in [4.69, 9.17) is 0 Å². The van der Waals surface area contributed by atoms with Crippen LogP contribution in [-0.4, -0.2) is 0 Å². The minimum Gasteiger partial charge on any atom is -0.207 e. The smallest absolute Gasteiger partial charge is 0.129 e. The first-order chi connectivity index (χ1) is 11.6. The standard InChI is InChI=1S/C22H26F2/c1-3-4-16-5-7-17(8-6-16)18-9-11-19(12-10-18)20-13-21(23)15(2)22(24)14-20/h9-14,16-17H,3-8H2,1-2H3. The molecule has 0 N–H and O–H groups in total. The minimum atomic E-state index is -0.483. The largest absolute Gasteiger partial charge is 0.207 e. The van der Waals surface area contributed by atoms with E-state index in [-0.39, 0.29) is 5.56 Å². The zero-order valence-corrected chi connectivity index (χ0v) is 14.6. The van der Waals surface area contributed by atoms with Crippen LogP contribution in [0.1, 0.15) is 62.5 Å². The third-order valence-corrected chi connectivity index (χ3v) is 5.54. The Morgan fingerprint density at radius 3 is 2.00 bits per heavy atom. The summed E-state index contributed by atoms with van der Waals surface area (Å²) in [5.74, 6) is 0.578. The second-order valence-corrected chi connectivity index (χ2v) is 7.19. The van der Waals surface area contributed by atoms with Gasteiger partial charge in [0.15, 0.2) is 0 Å². The van der Waals surface area contributed by atoms with Crippen LogP contribution in [-0.2, 0) is 0 Å². The van der Waals surface area contributed by atoms with E-state index in [1.807, 2.05) is 12.1 Å². The molecule has 2 heteroatoms. The molecule has 0 spiro atoms. The predicted molar refractivity (Wildman–Crippen MR) is 96.1 cm³/mol. The van der Waals surface area contributed by atoms with Crippen molar-refractivity contribution < 1.29 is 8.78 Å². The highest BCUT2D eigenvalue weighted by molar-refractivity contribution is 5.64. The van der Waals surface area contributed by atoms with Crippen LogP contribution < -0.4 is 0 Å². The summed E-state index contributed by atoms with van der Waals surface area (Å²) in [4.78, 5) is 0. The number of halogens is 2. The van der Waals surface area contributed by atoms with Crippen LogP contribution in [0.25, 0.3) is 11.1 Å². The molecule has 1 aliphatic rings. The molecule has 0 aliphatic heterocycles. The molecule has 128 valence electrons. The maximum atomic E-state index is 13.8. The molecule has 0 heterocycles. The summed E-state index contributed by atoms with van der Waals surface area (Å²) in [5, 5.41) is 0. The summed E-state index contributed by atoms with van der Waals surface area (Å²) in [5.41, 5.74) is 2.92. The van der Waals surface area contributed by atoms with E-state index in [0.29, 0.717) is 11.5 Å². The molecule has 0 radical (unpaired) electrons. The molecule has 0 nitrogen and oxygen atoms in total. The summed E-state index contributed by atoms with van der Waals surface area (Å²) in [6.45, 7) is 3.73. The van der Waals surface area contributed by atoms with Gasteiger partial charge >= 0.3 is 0 Å². The zero-order chi connectivity index (χ0) is 17.1. The molecular weight excluding hydrogens is 302 g/mol. The van der Waals surface area contributed by atoms with E-state index >= 15 is 0 Å². The van der Waals surface area contributed by atoms with Crippen molar-refractivity contribution in [3.05, 3.63) is 59.2 Å². The second kappa shape index (κ2) is 7.46. The molecule has 3 rings (SSSR count). The second-order valence-electron chi connectivity index (χ2n) is 7.19. The predicted octanol–water partition coefficient (Wildman–Crippen LogP) is 7.01. The van der Waals surface area contributed by atoms with E-state index in [1.54, 1.807) is 0 Å². The third kappa shape index (κ3) is 3.68. The molecule has 0 unspecified atom stereocenters. The molecule has 0 aromatic heterocycles. The molecule has 2 aromatic rings. The first-order valence-corrected chi connectivity index (χ1v) is 9.14. The van der Waals surface area contributed by atoms with Gasteiger partial charge in [0.25, 0.3) is 0 Å². The molecule has 1 aliphatic carbocycles. The fourth-order valence-corrected chi connectivity index (χ4v) is 3.95. The van der Waals surface area contributed by atoms with Gasteiger partial charge in [-0.2, -0.15) is 0 Å². The molecule has 24 heavy (non-hydrogen) atoms. The quantitative estimate of drug-likeness (QED) is 0.566. The first kappa shape index (κ1) is 17.1. The highest BCUT2D eigenvalue weighted by Gasteiger charge is 2.21. The first-order valence-electron chi connectivity index (χ1n) is 9.14. The van der Waals surface area contributed by atoms with Crippen LogP contribution in [0.3, 0.4) is 0 Å². The molecule has 2 aromatic carbocycles. The van der Waals surface area contributed by atoms with Crippen LogP contribution in [0.15, 0.2) is 36.4 Å². The number of rotatable bonds is 4. The van der Waals surface area contributed by atoms with Crippen molar-refractivity contribution in [2.75, 3.05) is 0 Å². The summed E-state index contributed by atoms with van der Waals surface area (Å²) >= 11 is 0. The van der Waals surface area contributed by atoms with Gasteiger partial charge in [-0.25, -0.2) is 8.78 Å². The van der Waals surface area contributed by atoms with Gasteiger partial charge in [-0.05, 0) is 73.3 Å². The molecule has 0 saturated heterocycles. The van der Waals surface area contributed by atoms with Gasteiger partial charge in [-0.1, -0.05) is 44.0 Å². The Morgan fingerprint density at radius 2 is 1.46 bits per heavy atom. The van der Waals surface area contributed by atoms with Gasteiger partial charge in [0.1, 0.15) is 11.6 Å². The van der Waals surface area contributed by atoms with Gasteiger partial charge < -0.3 is 0 Å². The summed E-state index contributed by atoms with van der Waals surface area (Å²) < 4.78 is 27.5. The molecule has 0 bridgehead atoms. The van der Waals surface area contributed by atoms with Gasteiger partial charge in [0.2, 0.25) is 0 Å². The third-order valence-electron chi connectivity index (χ3n) is 5.54. The lowest BCUT2D eigenvalue weighted by molar-refractivity contribution is 0.308. The fourth-order valence-electron chi connectivity index (χ4n) is 3.95. The lowest BCUT2D eigenvalue weighted by Crippen LogP contribution is -2.13. The van der Waals surface area contributed by atoms with Crippen molar-refractivity contribution in [3.8, 4) is 11.1 Å². The average molecular weight is 328 g/mol. The van der Waals surface area contributed by atoms with Gasteiger partial charge in [-0.3, -0.25) is 0 Å². The normalized spacial score (nSPS) is 21.0. The van der Waals surface area contributed by atoms with Crippen LogP contribution in [0, 0.1) is 24.5 Å². The minimum absolute atomic E-state index is 0.0826. The van der Waals surface area contributed by atoms with Crippen molar-refractivity contribution in [2.24, 2.45) is 5.92 Å². The van der Waals surface area contributed by atoms with E-state index in [0.717, 1.165) is 11.5 Å². The Bertz CT molecular complexity index is 657. The molecule has 0 amide bonds. The Balaban J connectivity index is 1.72. The fraction of sp³-hybridized carbons (Fsp3) is 0.455. The number of hydrogen-bond acceptors (Lipinski definition) is 0. The zero-order valence-electron chi connectivity index (χ0n) is 14.6. The van der Waals surface area contributed by atoms with Crippen molar-refractivity contribution in [2.45, 2.75) is 58.3 Å². The van der Waals surface area contributed by atoms with Crippen molar-refractivity contribution in [1.82, 2.24) is 0 Å². The average Bonchev–Trinajstić information content (AvgIpc) is 2.60. The summed E-state index contributed by atoms with van der Waals surface area (Å²) in [6, 6.07) is 11.1. The summed E-state index contributed by atoms with van der Waals surface area (Å²) in [7, 11) is 0. The van der Waals surface area contributed by atoms with Gasteiger partial charge in [0, 0.05) is 5.56 Å². The van der Waals surface area contributed by atoms with Gasteiger partial charge in [-0.15, -0.1) is 0 Å². The van der Waals surface area contributed by atoms with E-state index < -0.39 is 11.6 Å². The maximum absolute atomic E-state index is 13.8. The maximum Gasteiger partial charge on any atom is 0.129 e. The lowest BCUT2D eigenvalue weighted by atomic mass is 9.77. The molecule has 1 fully saturated rings. The Hall–Kier alpha value is -1.70. The van der Waals surface area contributed by atoms with E-state index in [9.17, 15) is 8.78 Å². The van der Waals surface area contributed by atoms with Crippen LogP contribution in [0.2, 0.25) is 0 Å². The van der Waals surface area contributed by atoms with Crippen LogP contribution >= 0.6 is 0 Å². The van der Waals surface area contributed by atoms with Crippen molar-refractivity contribution in [3.63, 3.8) is 0 Å². The highest BCUT2D eigenvalue weighted by atomic mass is 19.1. The van der Waals surface area contributed by atoms with Crippen LogP contribution in [0.5, 0.6) is 0 Å². The Morgan fingerprint density at radius 1 is 0.875 bits per heavy atom. The molecule has 0 atom stereocenters. The van der Waals surface area contributed by atoms with E-state index in [1.165, 1.54) is 63.1 Å². The Kier molecular flexibility index (Phi) is 5.33. The lowest BCUT2D eigenvalue weighted by Gasteiger charge is -2.28. The van der Waals surface area contributed by atoms with Crippen LogP contribution in [0.4, 0.5) is 8.78 Å². The molecular formula is C22H26F2. The highest BCUT2D eigenvalue weighted by Crippen LogP contribution is 2.38. The van der Waals surface area contributed by atoms with Gasteiger partial charge in [0.05, 0.1) is 0 Å². The topological polar surface area (TPSA) is 0 Å². The van der Waals surface area contributed by atoms with Crippen molar-refractivity contribution in [1.29, 1.82) is 0 Å². The monoisotopic (exact) mass is 328 g/mol. The summed E-state index contributed by atoms with van der Waals surface area (Å²) in [6.07, 6.45) is 7.82. The Labute approximate surface area is 143 Å². The number of hydrogen-bond donors (Lipinski definition) is 0. The van der Waals surface area contributed by atoms with E-state index in [2.05, 4.69) is 19.1 Å². The molecule has 1 saturated carbocycles. The SMILES string of the molecule is CCCC1CCC(c2ccc(-c3cc(F)c(C)c(F)c3)cc2)CC1.